The van der Waals surface area contributed by atoms with Gasteiger partial charge in [-0.05, 0) is 35.9 Å². The predicted octanol–water partition coefficient (Wildman–Crippen LogP) is 5.15. The third-order valence-corrected chi connectivity index (χ3v) is 4.08. The third-order valence-electron chi connectivity index (χ3n) is 2.87. The summed E-state index contributed by atoms with van der Waals surface area (Å²) in [4.78, 5) is 11.7. The number of rotatable bonds is 4. The van der Waals surface area contributed by atoms with Crippen molar-refractivity contribution in [3.63, 3.8) is 0 Å². The van der Waals surface area contributed by atoms with Crippen molar-refractivity contribution in [2.24, 2.45) is 0 Å². The lowest BCUT2D eigenvalue weighted by molar-refractivity contribution is 0.0602. The van der Waals surface area contributed by atoms with E-state index in [0.717, 1.165) is 10.0 Å². The molecule has 0 aliphatic rings. The first-order valence-corrected chi connectivity index (χ1v) is 7.62. The summed E-state index contributed by atoms with van der Waals surface area (Å²) in [7, 11) is 1.34. The van der Waals surface area contributed by atoms with Gasteiger partial charge >= 0.3 is 5.97 Å². The molecule has 0 fully saturated rings. The Hall–Kier alpha value is -1.23. The van der Waals surface area contributed by atoms with Gasteiger partial charge in [0, 0.05) is 21.1 Å². The highest BCUT2D eigenvalue weighted by atomic mass is 79.9. The van der Waals surface area contributed by atoms with Crippen LogP contribution in [-0.2, 0) is 11.3 Å². The second kappa shape index (κ2) is 7.16. The minimum atomic E-state index is -0.413. The first-order valence-electron chi connectivity index (χ1n) is 6.07. The molecule has 2 rings (SSSR count). The number of hydrogen-bond acceptors (Lipinski definition) is 3. The monoisotopic (exact) mass is 387 g/mol. The number of methoxy groups -OCH3 is 1. The fourth-order valence-electron chi connectivity index (χ4n) is 1.81. The average Bonchev–Trinajstić information content (AvgIpc) is 2.45. The first kappa shape index (κ1) is 16.1. The SMILES string of the molecule is COC(=O)c1ccc(Cl)cc1NCc1ccc(Cl)cc1Br. The van der Waals surface area contributed by atoms with Gasteiger partial charge in [-0.1, -0.05) is 45.2 Å². The third kappa shape index (κ3) is 4.13. The number of esters is 1. The van der Waals surface area contributed by atoms with Crippen molar-refractivity contribution in [1.82, 2.24) is 0 Å². The number of ether oxygens (including phenoxy) is 1. The molecule has 0 heterocycles. The molecule has 0 atom stereocenters. The van der Waals surface area contributed by atoms with Crippen molar-refractivity contribution in [2.45, 2.75) is 6.54 Å². The van der Waals surface area contributed by atoms with E-state index in [1.165, 1.54) is 7.11 Å². The van der Waals surface area contributed by atoms with Gasteiger partial charge in [-0.25, -0.2) is 4.79 Å². The maximum atomic E-state index is 11.7. The van der Waals surface area contributed by atoms with E-state index in [2.05, 4.69) is 21.2 Å². The standard InChI is InChI=1S/C15H12BrCl2NO2/c1-21-15(20)12-5-4-11(18)7-14(12)19-8-9-2-3-10(17)6-13(9)16/h2-7,19H,8H2,1H3. The first-order chi connectivity index (χ1) is 10.0. The molecular formula is C15H12BrCl2NO2. The van der Waals surface area contributed by atoms with Gasteiger partial charge in [0.25, 0.3) is 0 Å². The number of anilines is 1. The fraction of sp³-hybridized carbons (Fsp3) is 0.133. The lowest BCUT2D eigenvalue weighted by Gasteiger charge is -2.12. The van der Waals surface area contributed by atoms with Gasteiger partial charge < -0.3 is 10.1 Å². The molecule has 0 saturated carbocycles. The normalized spacial score (nSPS) is 10.3. The molecule has 2 aromatic carbocycles. The van der Waals surface area contributed by atoms with Crippen LogP contribution >= 0.6 is 39.1 Å². The smallest absolute Gasteiger partial charge is 0.339 e. The second-order valence-electron chi connectivity index (χ2n) is 4.27. The molecule has 110 valence electrons. The molecule has 6 heteroatoms. The molecule has 0 spiro atoms. The number of benzene rings is 2. The van der Waals surface area contributed by atoms with Gasteiger partial charge in [0.05, 0.1) is 18.4 Å². The Morgan fingerprint density at radius 1 is 1.19 bits per heavy atom. The summed E-state index contributed by atoms with van der Waals surface area (Å²) >= 11 is 15.3. The van der Waals surface area contributed by atoms with Gasteiger partial charge in [0.2, 0.25) is 0 Å². The number of nitrogens with one attached hydrogen (secondary N) is 1. The van der Waals surface area contributed by atoms with Crippen LogP contribution in [-0.4, -0.2) is 13.1 Å². The van der Waals surface area contributed by atoms with Crippen molar-refractivity contribution in [2.75, 3.05) is 12.4 Å². The molecule has 0 amide bonds. The zero-order valence-electron chi connectivity index (χ0n) is 11.1. The maximum absolute atomic E-state index is 11.7. The Bertz CT molecular complexity index is 677. The lowest BCUT2D eigenvalue weighted by atomic mass is 10.1. The number of hydrogen-bond donors (Lipinski definition) is 1. The van der Waals surface area contributed by atoms with Crippen molar-refractivity contribution in [1.29, 1.82) is 0 Å². The summed E-state index contributed by atoms with van der Waals surface area (Å²) in [6.07, 6.45) is 0. The highest BCUT2D eigenvalue weighted by Crippen LogP contribution is 2.25. The van der Waals surface area contributed by atoms with Gasteiger partial charge in [0.1, 0.15) is 0 Å². The summed E-state index contributed by atoms with van der Waals surface area (Å²) in [5.41, 5.74) is 2.07. The fourth-order valence-corrected chi connectivity index (χ4v) is 2.80. The van der Waals surface area contributed by atoms with E-state index < -0.39 is 5.97 Å². The Morgan fingerprint density at radius 2 is 1.86 bits per heavy atom. The Labute approximate surface area is 141 Å². The second-order valence-corrected chi connectivity index (χ2v) is 6.00. The molecule has 0 aromatic heterocycles. The summed E-state index contributed by atoms with van der Waals surface area (Å²) in [6, 6.07) is 10.5. The zero-order valence-corrected chi connectivity index (χ0v) is 14.2. The highest BCUT2D eigenvalue weighted by molar-refractivity contribution is 9.10. The quantitative estimate of drug-likeness (QED) is 0.735. The molecule has 0 aliphatic heterocycles. The van der Waals surface area contributed by atoms with E-state index in [-0.39, 0.29) is 0 Å². The van der Waals surface area contributed by atoms with Crippen LogP contribution in [0.4, 0.5) is 5.69 Å². The largest absolute Gasteiger partial charge is 0.465 e. The summed E-state index contributed by atoms with van der Waals surface area (Å²) < 4.78 is 5.65. The predicted molar refractivity (Wildman–Crippen MR) is 89.3 cm³/mol. The zero-order chi connectivity index (χ0) is 15.4. The maximum Gasteiger partial charge on any atom is 0.339 e. The van der Waals surface area contributed by atoms with Crippen LogP contribution in [0.15, 0.2) is 40.9 Å². The van der Waals surface area contributed by atoms with Crippen LogP contribution in [0, 0.1) is 0 Å². The Balaban J connectivity index is 2.23. The average molecular weight is 389 g/mol. The van der Waals surface area contributed by atoms with Crippen LogP contribution in [0.2, 0.25) is 10.0 Å². The van der Waals surface area contributed by atoms with E-state index in [9.17, 15) is 4.79 Å². The molecule has 0 aliphatic carbocycles. The molecule has 3 nitrogen and oxygen atoms in total. The number of halogens is 3. The van der Waals surface area contributed by atoms with Crippen molar-refractivity contribution in [3.05, 3.63) is 62.0 Å². The van der Waals surface area contributed by atoms with Gasteiger partial charge in [-0.3, -0.25) is 0 Å². The highest BCUT2D eigenvalue weighted by Gasteiger charge is 2.12. The van der Waals surface area contributed by atoms with Gasteiger partial charge in [-0.2, -0.15) is 0 Å². The summed E-state index contributed by atoms with van der Waals surface area (Å²) in [5.74, 6) is -0.413. The van der Waals surface area contributed by atoms with Crippen LogP contribution in [0.5, 0.6) is 0 Å². The molecule has 0 saturated heterocycles. The van der Waals surface area contributed by atoms with E-state index in [1.54, 1.807) is 18.2 Å². The molecule has 0 bridgehead atoms. The van der Waals surface area contributed by atoms with E-state index in [0.29, 0.717) is 27.8 Å². The Morgan fingerprint density at radius 3 is 2.52 bits per heavy atom. The summed E-state index contributed by atoms with van der Waals surface area (Å²) in [6.45, 7) is 0.516. The Kier molecular flexibility index (Phi) is 5.51. The molecule has 2 aromatic rings. The number of carbonyl (C=O) groups excluding carboxylic acids is 1. The van der Waals surface area contributed by atoms with Crippen LogP contribution in [0.1, 0.15) is 15.9 Å². The van der Waals surface area contributed by atoms with Crippen LogP contribution in [0.3, 0.4) is 0 Å². The lowest BCUT2D eigenvalue weighted by Crippen LogP contribution is -2.08. The van der Waals surface area contributed by atoms with Crippen LogP contribution in [0.25, 0.3) is 0 Å². The van der Waals surface area contributed by atoms with Gasteiger partial charge in [0.15, 0.2) is 0 Å². The van der Waals surface area contributed by atoms with E-state index in [1.807, 2.05) is 18.2 Å². The van der Waals surface area contributed by atoms with E-state index in [4.69, 9.17) is 27.9 Å². The summed E-state index contributed by atoms with van der Waals surface area (Å²) in [5, 5.41) is 4.39. The van der Waals surface area contributed by atoms with E-state index >= 15 is 0 Å². The van der Waals surface area contributed by atoms with Crippen molar-refractivity contribution < 1.29 is 9.53 Å². The van der Waals surface area contributed by atoms with Gasteiger partial charge in [-0.15, -0.1) is 0 Å². The minimum Gasteiger partial charge on any atom is -0.465 e. The topological polar surface area (TPSA) is 38.3 Å². The molecule has 0 unspecified atom stereocenters. The molecular weight excluding hydrogens is 377 g/mol. The minimum absolute atomic E-state index is 0.413. The van der Waals surface area contributed by atoms with Crippen molar-refractivity contribution >= 4 is 50.8 Å². The van der Waals surface area contributed by atoms with Crippen LogP contribution < -0.4 is 5.32 Å². The molecule has 1 N–H and O–H groups in total. The molecule has 21 heavy (non-hydrogen) atoms. The number of carbonyl (C=O) groups is 1. The van der Waals surface area contributed by atoms with Crippen molar-refractivity contribution in [3.8, 4) is 0 Å². The molecule has 0 radical (unpaired) electrons.